The minimum absolute atomic E-state index is 0.0704. The van der Waals surface area contributed by atoms with E-state index in [0.29, 0.717) is 6.42 Å². The van der Waals surface area contributed by atoms with Crippen LogP contribution in [-0.2, 0) is 9.59 Å². The lowest BCUT2D eigenvalue weighted by molar-refractivity contribution is -0.144. The highest BCUT2D eigenvalue weighted by Gasteiger charge is 2.38. The summed E-state index contributed by atoms with van der Waals surface area (Å²) in [5.41, 5.74) is -0.393. The molecule has 1 fully saturated rings. The van der Waals surface area contributed by atoms with Gasteiger partial charge < -0.3 is 10.4 Å². The molecule has 1 saturated carbocycles. The lowest BCUT2D eigenvalue weighted by Gasteiger charge is -2.37. The van der Waals surface area contributed by atoms with E-state index in [-0.39, 0.29) is 5.91 Å². The molecular weight excluding hydrogens is 290 g/mol. The highest BCUT2D eigenvalue weighted by Crippen LogP contribution is 2.40. The van der Waals surface area contributed by atoms with Gasteiger partial charge in [0.1, 0.15) is 6.04 Å². The van der Waals surface area contributed by atoms with Gasteiger partial charge in [0.25, 0.3) is 0 Å². The standard InChI is InChI=1S/C19H35NO3/c1-5-7-16(17(21)22)20-18(23)19(4)12-10-15(11-13-19)9-6-8-14(2)3/h14-16H,5-13H2,1-4H3,(H,20,23)(H,21,22)/t15-,16-,19+/m0/s1. The summed E-state index contributed by atoms with van der Waals surface area (Å²) >= 11 is 0. The number of carbonyl (C=O) groups excluding carboxylic acids is 1. The van der Waals surface area contributed by atoms with Crippen molar-refractivity contribution in [3.8, 4) is 0 Å². The van der Waals surface area contributed by atoms with Crippen molar-refractivity contribution in [2.75, 3.05) is 0 Å². The highest BCUT2D eigenvalue weighted by molar-refractivity contribution is 5.87. The number of carboxylic acids is 1. The van der Waals surface area contributed by atoms with Gasteiger partial charge in [0.05, 0.1) is 0 Å². The van der Waals surface area contributed by atoms with Gasteiger partial charge in [-0.3, -0.25) is 4.79 Å². The van der Waals surface area contributed by atoms with Crippen molar-refractivity contribution in [1.82, 2.24) is 5.32 Å². The van der Waals surface area contributed by atoms with Gasteiger partial charge in [0.2, 0.25) is 5.91 Å². The average Bonchev–Trinajstić information content (AvgIpc) is 2.48. The Morgan fingerprint density at radius 3 is 2.30 bits per heavy atom. The molecule has 0 aliphatic heterocycles. The lowest BCUT2D eigenvalue weighted by Crippen LogP contribution is -2.48. The second-order valence-corrected chi connectivity index (χ2v) is 7.98. The van der Waals surface area contributed by atoms with Crippen LogP contribution in [0.3, 0.4) is 0 Å². The Bertz CT molecular complexity index is 384. The first-order chi connectivity index (χ1) is 10.8. The van der Waals surface area contributed by atoms with E-state index in [1.807, 2.05) is 13.8 Å². The van der Waals surface area contributed by atoms with Crippen molar-refractivity contribution in [2.24, 2.45) is 17.3 Å². The van der Waals surface area contributed by atoms with Gasteiger partial charge in [-0.15, -0.1) is 0 Å². The summed E-state index contributed by atoms with van der Waals surface area (Å²) in [7, 11) is 0. The quantitative estimate of drug-likeness (QED) is 0.661. The zero-order valence-corrected chi connectivity index (χ0v) is 15.4. The fraction of sp³-hybridized carbons (Fsp3) is 0.895. The van der Waals surface area contributed by atoms with Crippen LogP contribution in [0.4, 0.5) is 0 Å². The number of nitrogens with one attached hydrogen (secondary N) is 1. The van der Waals surface area contributed by atoms with E-state index < -0.39 is 17.4 Å². The number of carbonyl (C=O) groups is 2. The summed E-state index contributed by atoms with van der Waals surface area (Å²) in [6.07, 6.45) is 9.02. The van der Waals surface area contributed by atoms with Crippen molar-refractivity contribution in [1.29, 1.82) is 0 Å². The normalized spacial score (nSPS) is 26.0. The van der Waals surface area contributed by atoms with Crippen LogP contribution < -0.4 is 5.32 Å². The summed E-state index contributed by atoms with van der Waals surface area (Å²) in [5, 5.41) is 12.0. The van der Waals surface area contributed by atoms with Crippen LogP contribution in [-0.4, -0.2) is 23.0 Å². The summed E-state index contributed by atoms with van der Waals surface area (Å²) < 4.78 is 0. The molecule has 2 N–H and O–H groups in total. The minimum atomic E-state index is -0.925. The smallest absolute Gasteiger partial charge is 0.326 e. The second-order valence-electron chi connectivity index (χ2n) is 7.98. The number of amides is 1. The summed E-state index contributed by atoms with van der Waals surface area (Å²) in [6, 6.07) is -0.743. The van der Waals surface area contributed by atoms with Gasteiger partial charge in [0, 0.05) is 5.41 Å². The Balaban J connectivity index is 2.45. The Labute approximate surface area is 141 Å². The summed E-state index contributed by atoms with van der Waals surface area (Å²) in [6.45, 7) is 8.46. The molecule has 1 aliphatic rings. The molecule has 4 nitrogen and oxygen atoms in total. The molecule has 0 unspecified atom stereocenters. The number of hydrogen-bond acceptors (Lipinski definition) is 2. The molecule has 1 aliphatic carbocycles. The fourth-order valence-electron chi connectivity index (χ4n) is 3.52. The lowest BCUT2D eigenvalue weighted by atomic mass is 9.70. The van der Waals surface area contributed by atoms with Crippen LogP contribution in [0.1, 0.15) is 85.5 Å². The number of hydrogen-bond donors (Lipinski definition) is 2. The van der Waals surface area contributed by atoms with Gasteiger partial charge >= 0.3 is 5.97 Å². The fourth-order valence-corrected chi connectivity index (χ4v) is 3.52. The molecule has 0 spiro atoms. The third-order valence-electron chi connectivity index (χ3n) is 5.33. The molecule has 0 heterocycles. The van der Waals surface area contributed by atoms with Crippen molar-refractivity contribution < 1.29 is 14.7 Å². The third kappa shape index (κ3) is 6.52. The van der Waals surface area contributed by atoms with Gasteiger partial charge in [-0.25, -0.2) is 4.79 Å². The van der Waals surface area contributed by atoms with Gasteiger partial charge in [0.15, 0.2) is 0 Å². The largest absolute Gasteiger partial charge is 0.480 e. The van der Waals surface area contributed by atoms with Crippen molar-refractivity contribution >= 4 is 11.9 Å². The number of carboxylic acid groups (broad SMARTS) is 1. The zero-order chi connectivity index (χ0) is 17.5. The Morgan fingerprint density at radius 1 is 1.22 bits per heavy atom. The van der Waals surface area contributed by atoms with E-state index in [0.717, 1.165) is 43.9 Å². The van der Waals surface area contributed by atoms with Crippen LogP contribution >= 0.6 is 0 Å². The minimum Gasteiger partial charge on any atom is -0.480 e. The Kier molecular flexibility index (Phi) is 8.07. The monoisotopic (exact) mass is 325 g/mol. The number of rotatable bonds is 9. The van der Waals surface area contributed by atoms with E-state index in [2.05, 4.69) is 19.2 Å². The maximum Gasteiger partial charge on any atom is 0.326 e. The second kappa shape index (κ2) is 9.29. The van der Waals surface area contributed by atoms with Crippen LogP contribution in [0, 0.1) is 17.3 Å². The molecule has 1 rings (SSSR count). The molecule has 0 aromatic heterocycles. The SMILES string of the molecule is CCC[C@H](NC(=O)[C@]1(C)CC[C@H](CCCC(C)C)CC1)C(=O)O. The maximum atomic E-state index is 12.5. The Hall–Kier alpha value is -1.06. The topological polar surface area (TPSA) is 66.4 Å². The first-order valence-electron chi connectivity index (χ1n) is 9.32. The summed E-state index contributed by atoms with van der Waals surface area (Å²) in [5.74, 6) is 0.506. The predicted octanol–water partition coefficient (Wildman–Crippen LogP) is 4.38. The molecular formula is C19H35NO3. The van der Waals surface area contributed by atoms with Crippen LogP contribution in [0.15, 0.2) is 0 Å². The molecule has 134 valence electrons. The molecule has 0 aromatic carbocycles. The van der Waals surface area contributed by atoms with Crippen molar-refractivity contribution in [3.63, 3.8) is 0 Å². The van der Waals surface area contributed by atoms with Gasteiger partial charge in [-0.2, -0.15) is 0 Å². The molecule has 23 heavy (non-hydrogen) atoms. The van der Waals surface area contributed by atoms with Crippen LogP contribution in [0.2, 0.25) is 0 Å². The third-order valence-corrected chi connectivity index (χ3v) is 5.33. The maximum absolute atomic E-state index is 12.5. The molecule has 0 radical (unpaired) electrons. The zero-order valence-electron chi connectivity index (χ0n) is 15.4. The predicted molar refractivity (Wildman–Crippen MR) is 93.2 cm³/mol. The van der Waals surface area contributed by atoms with Crippen molar-refractivity contribution in [3.05, 3.63) is 0 Å². The van der Waals surface area contributed by atoms with E-state index in [1.165, 1.54) is 19.3 Å². The average molecular weight is 325 g/mol. The molecule has 1 amide bonds. The molecule has 4 heteroatoms. The first-order valence-corrected chi connectivity index (χ1v) is 9.32. The van der Waals surface area contributed by atoms with Gasteiger partial charge in [-0.1, -0.05) is 53.4 Å². The molecule has 0 saturated heterocycles. The number of aliphatic carboxylic acids is 1. The van der Waals surface area contributed by atoms with Crippen LogP contribution in [0.25, 0.3) is 0 Å². The summed E-state index contributed by atoms with van der Waals surface area (Å²) in [4.78, 5) is 23.8. The van der Waals surface area contributed by atoms with Gasteiger partial charge in [-0.05, 0) is 43.9 Å². The van der Waals surface area contributed by atoms with E-state index in [1.54, 1.807) is 0 Å². The van der Waals surface area contributed by atoms with E-state index in [9.17, 15) is 14.7 Å². The van der Waals surface area contributed by atoms with E-state index in [4.69, 9.17) is 0 Å². The molecule has 1 atom stereocenters. The van der Waals surface area contributed by atoms with Crippen molar-refractivity contribution in [2.45, 2.75) is 91.5 Å². The Morgan fingerprint density at radius 2 is 1.83 bits per heavy atom. The first kappa shape index (κ1) is 20.0. The highest BCUT2D eigenvalue weighted by atomic mass is 16.4. The van der Waals surface area contributed by atoms with E-state index >= 15 is 0 Å². The molecule has 0 bridgehead atoms. The van der Waals surface area contributed by atoms with Crippen LogP contribution in [0.5, 0.6) is 0 Å². The molecule has 0 aromatic rings.